The number of ether oxygens (including phenoxy) is 3. The van der Waals surface area contributed by atoms with Crippen molar-refractivity contribution in [3.05, 3.63) is 170 Å². The number of allylic oxidation sites excluding steroid dienone is 26. The zero-order valence-electron chi connectivity index (χ0n) is 45.2. The van der Waals surface area contributed by atoms with Crippen LogP contribution in [0, 0.1) is 0 Å². The van der Waals surface area contributed by atoms with Gasteiger partial charge >= 0.3 is 25.7 Å². The zero-order valence-corrected chi connectivity index (χ0v) is 46.1. The van der Waals surface area contributed by atoms with Gasteiger partial charge in [0.05, 0.1) is 32.7 Å². The molecule has 74 heavy (non-hydrogen) atoms. The lowest BCUT2D eigenvalue weighted by Crippen LogP contribution is -2.30. The second-order valence-corrected chi connectivity index (χ2v) is 18.4. The molecule has 3 unspecified atom stereocenters. The number of aliphatic hydroxyl groups excluding tert-OH is 1. The lowest BCUT2D eigenvalue weighted by molar-refractivity contribution is -0.160. The summed E-state index contributed by atoms with van der Waals surface area (Å²) in [6, 6.07) is 0. The highest BCUT2D eigenvalue weighted by Crippen LogP contribution is 2.43. The van der Waals surface area contributed by atoms with Crippen LogP contribution in [0.3, 0.4) is 0 Å². The van der Waals surface area contributed by atoms with Crippen molar-refractivity contribution in [2.75, 3.05) is 26.4 Å². The number of hydrogen-bond acceptors (Lipinski definition) is 10. The van der Waals surface area contributed by atoms with E-state index >= 15 is 0 Å². The summed E-state index contributed by atoms with van der Waals surface area (Å²) in [6.45, 7) is 4.00. The molecule has 0 saturated heterocycles. The average Bonchev–Trinajstić information content (AvgIpc) is 3.39. The molecule has 0 aromatic carbocycles. The summed E-state index contributed by atoms with van der Waals surface area (Å²) in [5, 5.41) is 9.78. The van der Waals surface area contributed by atoms with Crippen LogP contribution in [0.1, 0.15) is 162 Å². The fourth-order valence-corrected chi connectivity index (χ4v) is 6.99. The van der Waals surface area contributed by atoms with Crippen LogP contribution < -0.4 is 0 Å². The van der Waals surface area contributed by atoms with Crippen LogP contribution in [0.25, 0.3) is 0 Å². The van der Waals surface area contributed by atoms with Gasteiger partial charge in [-0.3, -0.25) is 23.4 Å². The summed E-state index contributed by atoms with van der Waals surface area (Å²) in [6.07, 6.45) is 72.4. The van der Waals surface area contributed by atoms with Crippen LogP contribution in [0.15, 0.2) is 170 Å². The number of phosphoric ester groups is 1. The van der Waals surface area contributed by atoms with Crippen molar-refractivity contribution in [3.8, 4) is 0 Å². The molecule has 2 N–H and O–H groups in total. The maximum absolute atomic E-state index is 12.9. The lowest BCUT2D eigenvalue weighted by Gasteiger charge is -2.21. The predicted molar refractivity (Wildman–Crippen MR) is 306 cm³/mol. The monoisotopic (exact) mass is 1040 g/mol. The van der Waals surface area contributed by atoms with E-state index in [0.29, 0.717) is 19.3 Å². The Bertz CT molecular complexity index is 1890. The lowest BCUT2D eigenvalue weighted by atomic mass is 10.1. The van der Waals surface area contributed by atoms with Crippen LogP contribution in [0.2, 0.25) is 0 Å². The molecule has 0 radical (unpaired) electrons. The molecule has 0 fully saturated rings. The normalized spacial score (nSPS) is 14.7. The third kappa shape index (κ3) is 51.7. The van der Waals surface area contributed by atoms with Gasteiger partial charge in [0.25, 0.3) is 0 Å². The van der Waals surface area contributed by atoms with E-state index in [4.69, 9.17) is 23.3 Å². The van der Waals surface area contributed by atoms with Gasteiger partial charge in [0, 0.05) is 6.42 Å². The SMILES string of the molecule is CC/C=C\C/C=C\C/C=C\C/C=C\C/C=C\CC(=O)OC(CO)COP(=O)(O)OCC(COC(=O)CCCCCC/C=C\C/C=C\C/C=C\C/C=C\CC)OC(=O)C/C=C\C/C=C\C/C=C\C/C=C\C/C=C\CC. The fraction of sp³-hybridized carbons (Fsp3) is 0.500. The Morgan fingerprint density at radius 1 is 0.392 bits per heavy atom. The standard InChI is InChI=1S/C62H93O11P/c1-4-7-10-13-16-19-22-25-28-29-32-33-36-39-42-45-48-51-60(64)69-55-59(73-62(66)53-50-47-44-41-38-35-31-27-24-21-18-15-12-9-6-3)57-71-74(67,68)70-56-58(54-63)72-61(65)52-49-46-43-40-37-34-30-26-23-20-17-14-11-8-5-2/h7-12,16-21,25-28,30-33,37-38,40-41,46-47,49-50,58-59,63H,4-6,13-15,22-24,29,34-36,39,42-45,48,51-57H2,1-3H3,(H,67,68)/b10-7-,11-8-,12-9-,19-16-,20-17-,21-18-,28-25-,30-26-,31-27-,33-32-,40-37-,41-38-,49-46-,50-47-. The molecule has 11 nitrogen and oxygen atoms in total. The number of carbonyl (C=O) groups excluding carboxylic acids is 3. The van der Waals surface area contributed by atoms with Gasteiger partial charge in [-0.15, -0.1) is 0 Å². The van der Waals surface area contributed by atoms with Crippen molar-refractivity contribution in [2.45, 2.75) is 174 Å². The number of hydrogen-bond donors (Lipinski definition) is 2. The van der Waals surface area contributed by atoms with Crippen molar-refractivity contribution in [1.29, 1.82) is 0 Å². The van der Waals surface area contributed by atoms with Crippen molar-refractivity contribution in [2.24, 2.45) is 0 Å². The van der Waals surface area contributed by atoms with Gasteiger partial charge < -0.3 is 24.2 Å². The summed E-state index contributed by atoms with van der Waals surface area (Å²) < 4.78 is 39.1. The molecule has 12 heteroatoms. The molecular formula is C62H93O11P. The van der Waals surface area contributed by atoms with Gasteiger partial charge in [0.2, 0.25) is 0 Å². The topological polar surface area (TPSA) is 155 Å². The largest absolute Gasteiger partial charge is 0.472 e. The van der Waals surface area contributed by atoms with Crippen LogP contribution in [-0.2, 0) is 42.2 Å². The molecule has 0 aliphatic heterocycles. The molecule has 0 aromatic heterocycles. The number of rotatable bonds is 47. The summed E-state index contributed by atoms with van der Waals surface area (Å²) in [4.78, 5) is 48.3. The van der Waals surface area contributed by atoms with Gasteiger partial charge in [0.1, 0.15) is 12.7 Å². The Morgan fingerprint density at radius 3 is 1.07 bits per heavy atom. The van der Waals surface area contributed by atoms with Crippen LogP contribution in [0.4, 0.5) is 0 Å². The van der Waals surface area contributed by atoms with Crippen molar-refractivity contribution in [1.82, 2.24) is 0 Å². The highest BCUT2D eigenvalue weighted by molar-refractivity contribution is 7.47. The number of phosphoric acid groups is 1. The van der Waals surface area contributed by atoms with Gasteiger partial charge in [0.15, 0.2) is 6.10 Å². The minimum absolute atomic E-state index is 0.0740. The minimum atomic E-state index is -4.81. The van der Waals surface area contributed by atoms with E-state index in [0.717, 1.165) is 103 Å². The third-order valence-corrected chi connectivity index (χ3v) is 11.1. The first-order chi connectivity index (χ1) is 36.2. The van der Waals surface area contributed by atoms with E-state index in [2.05, 4.69) is 142 Å². The first-order valence-corrected chi connectivity index (χ1v) is 28.5. The van der Waals surface area contributed by atoms with Crippen LogP contribution in [-0.4, -0.2) is 66.5 Å². The second kappa shape index (κ2) is 54.1. The highest BCUT2D eigenvalue weighted by Gasteiger charge is 2.28. The molecule has 0 bridgehead atoms. The molecule has 3 atom stereocenters. The van der Waals surface area contributed by atoms with E-state index in [1.54, 1.807) is 12.2 Å². The Hall–Kier alpha value is -5.16. The number of unbranched alkanes of at least 4 members (excludes halogenated alkanes) is 4. The zero-order chi connectivity index (χ0) is 54.1. The Labute approximate surface area is 447 Å². The summed E-state index contributed by atoms with van der Waals surface area (Å²) in [5.41, 5.74) is 0. The first kappa shape index (κ1) is 68.8. The average molecular weight is 1050 g/mol. The molecule has 0 aromatic rings. The molecule has 0 aliphatic carbocycles. The van der Waals surface area contributed by atoms with Gasteiger partial charge in [-0.25, -0.2) is 4.57 Å². The van der Waals surface area contributed by atoms with Crippen LogP contribution in [0.5, 0.6) is 0 Å². The van der Waals surface area contributed by atoms with Crippen molar-refractivity contribution >= 4 is 25.7 Å². The molecule has 412 valence electrons. The maximum Gasteiger partial charge on any atom is 0.472 e. The number of aliphatic hydroxyl groups is 1. The molecule has 0 rings (SSSR count). The van der Waals surface area contributed by atoms with Crippen molar-refractivity contribution < 1.29 is 52.2 Å². The molecule has 0 amide bonds. The summed E-state index contributed by atoms with van der Waals surface area (Å²) in [7, 11) is -4.81. The smallest absolute Gasteiger partial charge is 0.462 e. The molecule has 0 saturated carbocycles. The number of carbonyl (C=O) groups is 3. The Kier molecular flexibility index (Phi) is 50.3. The van der Waals surface area contributed by atoms with E-state index < -0.39 is 64.4 Å². The quantitative estimate of drug-likeness (QED) is 0.0197. The van der Waals surface area contributed by atoms with Crippen LogP contribution >= 0.6 is 7.82 Å². The first-order valence-electron chi connectivity index (χ1n) is 27.0. The third-order valence-electron chi connectivity index (χ3n) is 10.2. The minimum Gasteiger partial charge on any atom is -0.462 e. The molecule has 0 spiro atoms. The molecule has 0 aliphatic rings. The van der Waals surface area contributed by atoms with E-state index in [9.17, 15) is 28.9 Å². The van der Waals surface area contributed by atoms with E-state index in [-0.39, 0.29) is 19.3 Å². The summed E-state index contributed by atoms with van der Waals surface area (Å²) >= 11 is 0. The Balaban J connectivity index is 5.00. The Morgan fingerprint density at radius 2 is 0.703 bits per heavy atom. The van der Waals surface area contributed by atoms with Gasteiger partial charge in [-0.1, -0.05) is 204 Å². The second-order valence-electron chi connectivity index (χ2n) is 16.9. The molecular weight excluding hydrogens is 952 g/mol. The predicted octanol–water partition coefficient (Wildman–Crippen LogP) is 15.9. The van der Waals surface area contributed by atoms with E-state index in [1.165, 1.54) is 0 Å². The summed E-state index contributed by atoms with van der Waals surface area (Å²) in [5.74, 6) is -1.81. The highest BCUT2D eigenvalue weighted by atomic mass is 31.2. The van der Waals surface area contributed by atoms with Gasteiger partial charge in [-0.05, 0) is 109 Å². The maximum atomic E-state index is 12.9. The molecule has 0 heterocycles. The van der Waals surface area contributed by atoms with E-state index in [1.807, 2.05) is 36.5 Å². The fourth-order valence-electron chi connectivity index (χ4n) is 6.20. The van der Waals surface area contributed by atoms with Crippen molar-refractivity contribution in [3.63, 3.8) is 0 Å². The van der Waals surface area contributed by atoms with Gasteiger partial charge in [-0.2, -0.15) is 0 Å². The number of esters is 3.